The summed E-state index contributed by atoms with van der Waals surface area (Å²) in [4.78, 5) is 18.2. The van der Waals surface area contributed by atoms with Crippen LogP contribution in [0.5, 0.6) is 0 Å². The van der Waals surface area contributed by atoms with Crippen LogP contribution in [0.25, 0.3) is 0 Å². The molecule has 7 heteroatoms. The van der Waals surface area contributed by atoms with E-state index >= 15 is 0 Å². The monoisotopic (exact) mass is 387 g/mol. The Morgan fingerprint density at radius 1 is 1.00 bits per heavy atom. The number of carbonyl (C=O) groups is 1. The number of carbonyl (C=O) groups excluding carboxylic acids is 1. The van der Waals surface area contributed by atoms with Crippen LogP contribution in [0.3, 0.4) is 0 Å². The van der Waals surface area contributed by atoms with Crippen molar-refractivity contribution in [1.82, 2.24) is 4.90 Å². The van der Waals surface area contributed by atoms with Gasteiger partial charge in [-0.3, -0.25) is 4.79 Å². The highest BCUT2D eigenvalue weighted by Crippen LogP contribution is 2.33. The summed E-state index contributed by atoms with van der Waals surface area (Å²) in [5, 5.41) is 0. The van der Waals surface area contributed by atoms with E-state index in [2.05, 4.69) is 16.8 Å². The molecule has 0 bridgehead atoms. The van der Waals surface area contributed by atoms with Crippen LogP contribution in [-0.2, 0) is 14.6 Å². The van der Waals surface area contributed by atoms with Crippen molar-refractivity contribution >= 4 is 27.1 Å². The van der Waals surface area contributed by atoms with Crippen LogP contribution in [0.1, 0.15) is 6.92 Å². The maximum atomic E-state index is 13.2. The Hall–Kier alpha value is -2.38. The van der Waals surface area contributed by atoms with Crippen molar-refractivity contribution < 1.29 is 13.2 Å². The third-order valence-electron chi connectivity index (χ3n) is 4.99. The number of likely N-dealkylation sites (N-methyl/N-ethyl adjacent to an activating group) is 1. The third kappa shape index (κ3) is 3.99. The smallest absolute Gasteiger partial charge is 0.223 e. The lowest BCUT2D eigenvalue weighted by molar-refractivity contribution is -0.116. The van der Waals surface area contributed by atoms with E-state index in [4.69, 9.17) is 0 Å². The van der Waals surface area contributed by atoms with Gasteiger partial charge >= 0.3 is 0 Å². The van der Waals surface area contributed by atoms with E-state index in [1.54, 1.807) is 43.4 Å². The topological polar surface area (TPSA) is 60.9 Å². The number of benzene rings is 2. The van der Waals surface area contributed by atoms with Crippen molar-refractivity contribution in [2.75, 3.05) is 50.1 Å². The molecule has 0 atom stereocenters. The molecule has 6 nitrogen and oxygen atoms in total. The number of rotatable bonds is 4. The van der Waals surface area contributed by atoms with Crippen molar-refractivity contribution in [2.24, 2.45) is 0 Å². The van der Waals surface area contributed by atoms with Crippen LogP contribution in [-0.4, -0.2) is 59.5 Å². The van der Waals surface area contributed by atoms with Crippen LogP contribution in [0, 0.1) is 0 Å². The minimum absolute atomic E-state index is 0.143. The van der Waals surface area contributed by atoms with Gasteiger partial charge in [-0.15, -0.1) is 0 Å². The van der Waals surface area contributed by atoms with Crippen molar-refractivity contribution in [3.8, 4) is 0 Å². The van der Waals surface area contributed by atoms with Crippen LogP contribution in [0.15, 0.2) is 58.3 Å². The summed E-state index contributed by atoms with van der Waals surface area (Å²) < 4.78 is 26.3. The van der Waals surface area contributed by atoms with Crippen molar-refractivity contribution in [1.29, 1.82) is 0 Å². The summed E-state index contributed by atoms with van der Waals surface area (Å²) >= 11 is 0. The highest BCUT2D eigenvalue weighted by molar-refractivity contribution is 7.91. The molecular weight excluding hydrogens is 362 g/mol. The quantitative estimate of drug-likeness (QED) is 0.805. The lowest BCUT2D eigenvalue weighted by Gasteiger charge is -2.34. The Morgan fingerprint density at radius 3 is 2.22 bits per heavy atom. The van der Waals surface area contributed by atoms with Crippen LogP contribution >= 0.6 is 0 Å². The van der Waals surface area contributed by atoms with E-state index in [9.17, 15) is 13.2 Å². The molecule has 3 rings (SSSR count). The first-order valence-corrected chi connectivity index (χ1v) is 10.4. The SMILES string of the molecule is CC(=O)N(C)c1cc(N2CCN(C)CC2)ccc1S(=O)(=O)c1ccccc1. The average molecular weight is 388 g/mol. The Labute approximate surface area is 160 Å². The van der Waals surface area contributed by atoms with E-state index in [0.717, 1.165) is 31.9 Å². The summed E-state index contributed by atoms with van der Waals surface area (Å²) in [5.74, 6) is -0.213. The molecule has 0 aliphatic carbocycles. The average Bonchev–Trinajstić information content (AvgIpc) is 2.68. The zero-order chi connectivity index (χ0) is 19.6. The largest absolute Gasteiger partial charge is 0.369 e. The molecule has 144 valence electrons. The van der Waals surface area contributed by atoms with Gasteiger partial charge in [0, 0.05) is 45.8 Å². The maximum Gasteiger partial charge on any atom is 0.223 e. The molecule has 0 aromatic heterocycles. The highest BCUT2D eigenvalue weighted by Gasteiger charge is 2.25. The summed E-state index contributed by atoms with van der Waals surface area (Å²) in [6, 6.07) is 13.6. The second kappa shape index (κ2) is 7.70. The van der Waals surface area contributed by atoms with Crippen molar-refractivity contribution in [2.45, 2.75) is 16.7 Å². The van der Waals surface area contributed by atoms with Gasteiger partial charge in [0.1, 0.15) is 0 Å². The summed E-state index contributed by atoms with van der Waals surface area (Å²) in [5.41, 5.74) is 1.33. The Balaban J connectivity index is 2.07. The normalized spacial score (nSPS) is 15.6. The molecule has 0 spiro atoms. The fourth-order valence-corrected chi connectivity index (χ4v) is 4.64. The van der Waals surface area contributed by atoms with Crippen molar-refractivity contribution in [3.63, 3.8) is 0 Å². The molecule has 0 radical (unpaired) electrons. The zero-order valence-corrected chi connectivity index (χ0v) is 16.7. The molecule has 0 unspecified atom stereocenters. The maximum absolute atomic E-state index is 13.2. The van der Waals surface area contributed by atoms with Gasteiger partial charge in [-0.2, -0.15) is 0 Å². The minimum Gasteiger partial charge on any atom is -0.369 e. The number of amides is 1. The molecule has 1 fully saturated rings. The van der Waals surface area contributed by atoms with Gasteiger partial charge in [0.05, 0.1) is 15.5 Å². The molecule has 0 saturated carbocycles. The predicted molar refractivity (Wildman–Crippen MR) is 107 cm³/mol. The number of nitrogens with zero attached hydrogens (tertiary/aromatic N) is 3. The van der Waals surface area contributed by atoms with Gasteiger partial charge in [-0.1, -0.05) is 18.2 Å². The standard InChI is InChI=1S/C20H25N3O3S/c1-16(24)22(3)19-15-17(23-13-11-21(2)12-14-23)9-10-20(19)27(25,26)18-7-5-4-6-8-18/h4-10,15H,11-14H2,1-3H3. The first kappa shape index (κ1) is 19.4. The first-order valence-electron chi connectivity index (χ1n) is 8.92. The summed E-state index contributed by atoms with van der Waals surface area (Å²) in [6.45, 7) is 5.06. The number of hydrogen-bond donors (Lipinski definition) is 0. The van der Waals surface area contributed by atoms with Crippen LogP contribution < -0.4 is 9.80 Å². The molecular formula is C20H25N3O3S. The third-order valence-corrected chi connectivity index (χ3v) is 6.80. The second-order valence-corrected chi connectivity index (χ2v) is 8.75. The second-order valence-electron chi connectivity index (χ2n) is 6.84. The fourth-order valence-electron chi connectivity index (χ4n) is 3.15. The van der Waals surface area contributed by atoms with Crippen LogP contribution in [0.4, 0.5) is 11.4 Å². The molecule has 1 saturated heterocycles. The van der Waals surface area contributed by atoms with Gasteiger partial charge in [-0.05, 0) is 37.4 Å². The van der Waals surface area contributed by atoms with E-state index in [-0.39, 0.29) is 15.7 Å². The van der Waals surface area contributed by atoms with Gasteiger partial charge in [0.15, 0.2) is 0 Å². The van der Waals surface area contributed by atoms with Gasteiger partial charge in [-0.25, -0.2) is 8.42 Å². The summed E-state index contributed by atoms with van der Waals surface area (Å²) in [6.07, 6.45) is 0. The number of piperazine rings is 1. The molecule has 1 heterocycles. The predicted octanol–water partition coefficient (Wildman–Crippen LogP) is 2.25. The molecule has 1 amide bonds. The molecule has 27 heavy (non-hydrogen) atoms. The lowest BCUT2D eigenvalue weighted by atomic mass is 10.2. The molecule has 2 aromatic carbocycles. The van der Waals surface area contributed by atoms with E-state index in [0.29, 0.717) is 5.69 Å². The highest BCUT2D eigenvalue weighted by atomic mass is 32.2. The number of hydrogen-bond acceptors (Lipinski definition) is 5. The van der Waals surface area contributed by atoms with Gasteiger partial charge < -0.3 is 14.7 Å². The van der Waals surface area contributed by atoms with Crippen LogP contribution in [0.2, 0.25) is 0 Å². The summed E-state index contributed by atoms with van der Waals surface area (Å²) in [7, 11) is -0.0333. The molecule has 1 aliphatic rings. The van der Waals surface area contributed by atoms with Gasteiger partial charge in [0.2, 0.25) is 15.7 Å². The van der Waals surface area contributed by atoms with E-state index < -0.39 is 9.84 Å². The Kier molecular flexibility index (Phi) is 5.53. The zero-order valence-electron chi connectivity index (χ0n) is 15.9. The first-order chi connectivity index (χ1) is 12.8. The number of sulfone groups is 1. The molecule has 0 N–H and O–H groups in total. The van der Waals surface area contributed by atoms with Gasteiger partial charge in [0.25, 0.3) is 0 Å². The molecule has 1 aliphatic heterocycles. The Morgan fingerprint density at radius 2 is 1.63 bits per heavy atom. The fraction of sp³-hybridized carbons (Fsp3) is 0.350. The lowest BCUT2D eigenvalue weighted by Crippen LogP contribution is -2.44. The van der Waals surface area contributed by atoms with E-state index in [1.165, 1.54) is 11.8 Å². The van der Waals surface area contributed by atoms with E-state index in [1.807, 2.05) is 12.1 Å². The molecule has 2 aromatic rings. The Bertz CT molecular complexity index is 921. The number of anilines is 2. The minimum atomic E-state index is -3.73. The van der Waals surface area contributed by atoms with Crippen molar-refractivity contribution in [3.05, 3.63) is 48.5 Å².